The predicted octanol–water partition coefficient (Wildman–Crippen LogP) is 1.51. The molecule has 0 saturated heterocycles. The molecule has 0 amide bonds. The summed E-state index contributed by atoms with van der Waals surface area (Å²) in [4.78, 5) is 11.6. The Morgan fingerprint density at radius 2 is 1.77 bits per heavy atom. The molecule has 2 aliphatic carbocycles. The summed E-state index contributed by atoms with van der Waals surface area (Å²) < 4.78 is 10.4. The van der Waals surface area contributed by atoms with Gasteiger partial charge in [0.05, 0.1) is 18.1 Å². The summed E-state index contributed by atoms with van der Waals surface area (Å²) in [7, 11) is 3.22. The van der Waals surface area contributed by atoms with Crippen LogP contribution in [0.1, 0.15) is 32.1 Å². The third-order valence-corrected chi connectivity index (χ3v) is 3.83. The van der Waals surface area contributed by atoms with Gasteiger partial charge in [-0.3, -0.25) is 4.79 Å². The minimum absolute atomic E-state index is 0.00576. The van der Waals surface area contributed by atoms with Gasteiger partial charge in [-0.1, -0.05) is 0 Å². The molecule has 74 valence electrons. The van der Waals surface area contributed by atoms with Crippen molar-refractivity contribution in [1.29, 1.82) is 0 Å². The van der Waals surface area contributed by atoms with Crippen molar-refractivity contribution in [3.63, 3.8) is 0 Å². The number of fused-ring (bicyclic) bond motifs is 2. The lowest BCUT2D eigenvalue weighted by atomic mass is 9.84. The number of carbonyl (C=O) groups excluding carboxylic acids is 1. The Labute approximate surface area is 78.4 Å². The van der Waals surface area contributed by atoms with E-state index in [1.54, 1.807) is 7.11 Å². The molecular weight excluding hydrogens is 168 g/mol. The molecule has 3 nitrogen and oxygen atoms in total. The zero-order valence-electron chi connectivity index (χ0n) is 8.26. The highest BCUT2D eigenvalue weighted by Gasteiger charge is 2.59. The van der Waals surface area contributed by atoms with E-state index in [9.17, 15) is 4.79 Å². The Bertz CT molecular complexity index is 226. The van der Waals surface area contributed by atoms with Gasteiger partial charge in [0.2, 0.25) is 0 Å². The molecule has 0 aromatic rings. The second-order valence-electron chi connectivity index (χ2n) is 4.34. The van der Waals surface area contributed by atoms with Crippen LogP contribution in [0.3, 0.4) is 0 Å². The maximum Gasteiger partial charge on any atom is 0.311 e. The van der Waals surface area contributed by atoms with E-state index in [2.05, 4.69) is 0 Å². The Hall–Kier alpha value is -0.570. The molecule has 2 fully saturated rings. The molecule has 0 N–H and O–H groups in total. The average Bonchev–Trinajstić information content (AvgIpc) is 2.74. The number of ether oxygens (including phenoxy) is 2. The van der Waals surface area contributed by atoms with Crippen LogP contribution in [0.25, 0.3) is 0 Å². The first-order chi connectivity index (χ1) is 6.16. The maximum atomic E-state index is 11.6. The fourth-order valence-corrected chi connectivity index (χ4v) is 2.92. The lowest BCUT2D eigenvalue weighted by Gasteiger charge is -2.25. The standard InChI is InChI=1S/C10H16O3/c1-12-8(11)9-3-5-10(7-9,13-2)6-4-9/h3-7H2,1-2H3. The molecule has 0 aliphatic heterocycles. The molecule has 0 atom stereocenters. The van der Waals surface area contributed by atoms with E-state index in [1.807, 2.05) is 0 Å². The highest BCUT2D eigenvalue weighted by atomic mass is 16.5. The molecule has 0 unspecified atom stereocenters. The highest BCUT2D eigenvalue weighted by molar-refractivity contribution is 5.78. The third-order valence-electron chi connectivity index (χ3n) is 3.83. The van der Waals surface area contributed by atoms with Gasteiger partial charge >= 0.3 is 5.97 Å². The molecule has 13 heavy (non-hydrogen) atoms. The predicted molar refractivity (Wildman–Crippen MR) is 47.3 cm³/mol. The Kier molecular flexibility index (Phi) is 1.88. The number of esters is 1. The third kappa shape index (κ3) is 1.10. The highest BCUT2D eigenvalue weighted by Crippen LogP contribution is 2.58. The Balaban J connectivity index is 2.18. The van der Waals surface area contributed by atoms with Crippen molar-refractivity contribution in [1.82, 2.24) is 0 Å². The van der Waals surface area contributed by atoms with Crippen molar-refractivity contribution in [2.45, 2.75) is 37.7 Å². The smallest absolute Gasteiger partial charge is 0.311 e. The molecule has 0 aromatic carbocycles. The molecule has 0 heterocycles. The van der Waals surface area contributed by atoms with Crippen LogP contribution in [0.5, 0.6) is 0 Å². The summed E-state index contributed by atoms with van der Waals surface area (Å²) in [6.45, 7) is 0. The van der Waals surface area contributed by atoms with E-state index in [0.29, 0.717) is 0 Å². The van der Waals surface area contributed by atoms with Crippen LogP contribution < -0.4 is 0 Å². The number of hydrogen-bond acceptors (Lipinski definition) is 3. The molecule has 0 spiro atoms. The van der Waals surface area contributed by atoms with Crippen LogP contribution in [0.4, 0.5) is 0 Å². The van der Waals surface area contributed by atoms with Gasteiger partial charge in [0.1, 0.15) is 0 Å². The van der Waals surface area contributed by atoms with Crippen LogP contribution in [-0.2, 0) is 14.3 Å². The summed E-state index contributed by atoms with van der Waals surface area (Å²) in [5.41, 5.74) is -0.209. The van der Waals surface area contributed by atoms with Gasteiger partial charge in [-0.15, -0.1) is 0 Å². The largest absolute Gasteiger partial charge is 0.469 e. The van der Waals surface area contributed by atoms with Crippen LogP contribution in [0.15, 0.2) is 0 Å². The number of rotatable bonds is 2. The summed E-state index contributed by atoms with van der Waals surface area (Å²) in [6.07, 6.45) is 4.77. The number of methoxy groups -OCH3 is 2. The van der Waals surface area contributed by atoms with Crippen LogP contribution in [0, 0.1) is 5.41 Å². The van der Waals surface area contributed by atoms with Gasteiger partial charge in [-0.25, -0.2) is 0 Å². The normalized spacial score (nSPS) is 42.3. The second-order valence-corrected chi connectivity index (χ2v) is 4.34. The topological polar surface area (TPSA) is 35.5 Å². The summed E-state index contributed by atoms with van der Waals surface area (Å²) >= 11 is 0. The monoisotopic (exact) mass is 184 g/mol. The molecule has 0 radical (unpaired) electrons. The van der Waals surface area contributed by atoms with Gasteiger partial charge < -0.3 is 9.47 Å². The van der Waals surface area contributed by atoms with E-state index >= 15 is 0 Å². The van der Waals surface area contributed by atoms with E-state index in [4.69, 9.17) is 9.47 Å². The van der Waals surface area contributed by atoms with Crippen molar-refractivity contribution < 1.29 is 14.3 Å². The van der Waals surface area contributed by atoms with Crippen LogP contribution in [-0.4, -0.2) is 25.8 Å². The fourth-order valence-electron chi connectivity index (χ4n) is 2.92. The fraction of sp³-hybridized carbons (Fsp3) is 0.900. The first-order valence-corrected chi connectivity index (χ1v) is 4.80. The lowest BCUT2D eigenvalue weighted by molar-refractivity contribution is -0.152. The average molecular weight is 184 g/mol. The van der Waals surface area contributed by atoms with Gasteiger partial charge in [-0.05, 0) is 32.1 Å². The molecule has 2 saturated carbocycles. The lowest BCUT2D eigenvalue weighted by Crippen LogP contribution is -2.27. The SMILES string of the molecule is COC(=O)C12CCC(OC)(CC1)C2. The number of hydrogen-bond donors (Lipinski definition) is 0. The van der Waals surface area contributed by atoms with Gasteiger partial charge in [0, 0.05) is 7.11 Å². The quantitative estimate of drug-likeness (QED) is 0.610. The zero-order chi connectivity index (χ0) is 9.53. The maximum absolute atomic E-state index is 11.6. The van der Waals surface area contributed by atoms with Gasteiger partial charge in [-0.2, -0.15) is 0 Å². The Morgan fingerprint density at radius 3 is 2.15 bits per heavy atom. The first kappa shape index (κ1) is 9.00. The van der Waals surface area contributed by atoms with Crippen molar-refractivity contribution in [2.75, 3.05) is 14.2 Å². The minimum atomic E-state index is -0.204. The van der Waals surface area contributed by atoms with E-state index in [1.165, 1.54) is 7.11 Å². The molecule has 3 heteroatoms. The van der Waals surface area contributed by atoms with Crippen LogP contribution in [0.2, 0.25) is 0 Å². The van der Waals surface area contributed by atoms with Gasteiger partial charge in [0.25, 0.3) is 0 Å². The summed E-state index contributed by atoms with van der Waals surface area (Å²) in [5, 5.41) is 0. The number of carbonyl (C=O) groups is 1. The summed E-state index contributed by atoms with van der Waals surface area (Å²) in [6, 6.07) is 0. The van der Waals surface area contributed by atoms with E-state index in [-0.39, 0.29) is 17.0 Å². The zero-order valence-corrected chi connectivity index (χ0v) is 8.26. The minimum Gasteiger partial charge on any atom is -0.469 e. The molecule has 0 aromatic heterocycles. The van der Waals surface area contributed by atoms with Crippen molar-refractivity contribution >= 4 is 5.97 Å². The van der Waals surface area contributed by atoms with Crippen molar-refractivity contribution in [3.8, 4) is 0 Å². The summed E-state index contributed by atoms with van der Waals surface area (Å²) in [5.74, 6) is -0.0380. The molecule has 2 rings (SSSR count). The van der Waals surface area contributed by atoms with Crippen LogP contribution >= 0.6 is 0 Å². The van der Waals surface area contributed by atoms with Crippen molar-refractivity contribution in [2.24, 2.45) is 5.41 Å². The van der Waals surface area contributed by atoms with E-state index in [0.717, 1.165) is 32.1 Å². The second kappa shape index (κ2) is 2.71. The Morgan fingerprint density at radius 1 is 1.15 bits per heavy atom. The molecule has 2 aliphatic rings. The molecular formula is C10H16O3. The van der Waals surface area contributed by atoms with Crippen molar-refractivity contribution in [3.05, 3.63) is 0 Å². The first-order valence-electron chi connectivity index (χ1n) is 4.80. The molecule has 2 bridgehead atoms. The van der Waals surface area contributed by atoms with E-state index < -0.39 is 0 Å². The van der Waals surface area contributed by atoms with Gasteiger partial charge in [0.15, 0.2) is 0 Å².